The number of nitrogens with one attached hydrogen (secondary N) is 1. The van der Waals surface area contributed by atoms with Crippen molar-refractivity contribution >= 4 is 11.8 Å². The Morgan fingerprint density at radius 3 is 2.59 bits per heavy atom. The molecule has 1 saturated heterocycles. The van der Waals surface area contributed by atoms with Gasteiger partial charge in [-0.05, 0) is 25.3 Å². The van der Waals surface area contributed by atoms with Crippen molar-refractivity contribution in [3.8, 4) is 0 Å². The molecule has 1 aliphatic heterocycles. The largest absolute Gasteiger partial charge is 0.353 e. The van der Waals surface area contributed by atoms with E-state index in [2.05, 4.69) is 5.32 Å². The van der Waals surface area contributed by atoms with Crippen LogP contribution in [0.3, 0.4) is 0 Å². The molecule has 118 valence electrons. The summed E-state index contributed by atoms with van der Waals surface area (Å²) in [7, 11) is 0. The van der Waals surface area contributed by atoms with Crippen molar-refractivity contribution in [2.24, 2.45) is 5.92 Å². The van der Waals surface area contributed by atoms with Gasteiger partial charge >= 0.3 is 0 Å². The average Bonchev–Trinajstić information content (AvgIpc) is 3.17. The Labute approximate surface area is 131 Å². The van der Waals surface area contributed by atoms with E-state index >= 15 is 0 Å². The van der Waals surface area contributed by atoms with Crippen LogP contribution in [0.4, 0.5) is 0 Å². The number of nitrogens with zero attached hydrogens (tertiary/aromatic N) is 1. The Morgan fingerprint density at radius 1 is 1.23 bits per heavy atom. The fourth-order valence-electron chi connectivity index (χ4n) is 3.58. The summed E-state index contributed by atoms with van der Waals surface area (Å²) in [5, 5.41) is 3.12. The van der Waals surface area contributed by atoms with E-state index in [9.17, 15) is 9.59 Å². The molecule has 1 aromatic rings. The molecule has 1 saturated carbocycles. The summed E-state index contributed by atoms with van der Waals surface area (Å²) in [4.78, 5) is 26.5. The number of rotatable bonds is 4. The first-order chi connectivity index (χ1) is 10.6. The second kappa shape index (κ2) is 6.51. The maximum absolute atomic E-state index is 12.4. The maximum atomic E-state index is 12.4. The van der Waals surface area contributed by atoms with Crippen LogP contribution in [0.1, 0.15) is 50.6 Å². The van der Waals surface area contributed by atoms with E-state index in [0.29, 0.717) is 19.0 Å². The SMILES string of the molecule is C[C@@H](c1ccccc1)N1C[C@H](C(=O)NC2CCCC2)CC1=O. The van der Waals surface area contributed by atoms with Crippen molar-refractivity contribution in [1.82, 2.24) is 10.2 Å². The molecule has 0 spiro atoms. The van der Waals surface area contributed by atoms with Gasteiger partial charge in [0.25, 0.3) is 0 Å². The molecule has 0 bridgehead atoms. The second-order valence-corrected chi connectivity index (χ2v) is 6.52. The summed E-state index contributed by atoms with van der Waals surface area (Å²) >= 11 is 0. The highest BCUT2D eigenvalue weighted by molar-refractivity contribution is 5.89. The van der Waals surface area contributed by atoms with Crippen molar-refractivity contribution in [1.29, 1.82) is 0 Å². The van der Waals surface area contributed by atoms with E-state index in [4.69, 9.17) is 0 Å². The minimum absolute atomic E-state index is 0.0259. The summed E-state index contributed by atoms with van der Waals surface area (Å²) in [6, 6.07) is 10.3. The standard InChI is InChI=1S/C18H24N2O2/c1-13(14-7-3-2-4-8-14)20-12-15(11-17(20)21)18(22)19-16-9-5-6-10-16/h2-4,7-8,13,15-16H,5-6,9-12H2,1H3,(H,19,22)/t13-,15+/m0/s1. The van der Waals surface area contributed by atoms with Crippen LogP contribution in [0.25, 0.3) is 0 Å². The summed E-state index contributed by atoms with van der Waals surface area (Å²) in [6.07, 6.45) is 4.90. The zero-order chi connectivity index (χ0) is 15.5. The summed E-state index contributed by atoms with van der Waals surface area (Å²) in [6.45, 7) is 2.57. The summed E-state index contributed by atoms with van der Waals surface area (Å²) < 4.78 is 0. The summed E-state index contributed by atoms with van der Waals surface area (Å²) in [5.41, 5.74) is 1.12. The van der Waals surface area contributed by atoms with Crippen LogP contribution >= 0.6 is 0 Å². The minimum atomic E-state index is -0.195. The molecule has 0 unspecified atom stereocenters. The van der Waals surface area contributed by atoms with E-state index in [0.717, 1.165) is 18.4 Å². The summed E-state index contributed by atoms with van der Waals surface area (Å²) in [5.74, 6) is -0.0507. The molecular weight excluding hydrogens is 276 g/mol. The Balaban J connectivity index is 1.61. The van der Waals surface area contributed by atoms with Crippen molar-refractivity contribution in [2.45, 2.75) is 51.1 Å². The van der Waals surface area contributed by atoms with Crippen molar-refractivity contribution in [3.05, 3.63) is 35.9 Å². The molecule has 4 heteroatoms. The monoisotopic (exact) mass is 300 g/mol. The zero-order valence-corrected chi connectivity index (χ0v) is 13.1. The van der Waals surface area contributed by atoms with Gasteiger partial charge in [-0.1, -0.05) is 43.2 Å². The van der Waals surface area contributed by atoms with Crippen molar-refractivity contribution in [3.63, 3.8) is 0 Å². The first-order valence-corrected chi connectivity index (χ1v) is 8.30. The van der Waals surface area contributed by atoms with Crippen molar-refractivity contribution in [2.75, 3.05) is 6.54 Å². The normalized spacial score (nSPS) is 23.8. The topological polar surface area (TPSA) is 49.4 Å². The third kappa shape index (κ3) is 3.16. The number of carbonyl (C=O) groups excluding carboxylic acids is 2. The molecule has 0 aromatic heterocycles. The molecule has 0 radical (unpaired) electrons. The van der Waals surface area contributed by atoms with E-state index in [1.807, 2.05) is 42.2 Å². The third-order valence-corrected chi connectivity index (χ3v) is 4.98. The lowest BCUT2D eigenvalue weighted by Crippen LogP contribution is -2.38. The number of carbonyl (C=O) groups is 2. The Kier molecular flexibility index (Phi) is 4.46. The number of amides is 2. The third-order valence-electron chi connectivity index (χ3n) is 4.98. The van der Waals surface area contributed by atoms with E-state index in [-0.39, 0.29) is 23.8 Å². The number of hydrogen-bond donors (Lipinski definition) is 1. The lowest BCUT2D eigenvalue weighted by atomic mass is 10.1. The lowest BCUT2D eigenvalue weighted by molar-refractivity contribution is -0.130. The molecule has 2 atom stereocenters. The van der Waals surface area contributed by atoms with Crippen LogP contribution < -0.4 is 5.32 Å². The first kappa shape index (κ1) is 15.1. The lowest BCUT2D eigenvalue weighted by Gasteiger charge is -2.25. The van der Waals surface area contributed by atoms with Gasteiger partial charge in [0.15, 0.2) is 0 Å². The van der Waals surface area contributed by atoms with E-state index in [1.54, 1.807) is 0 Å². The van der Waals surface area contributed by atoms with Crippen LogP contribution in [-0.2, 0) is 9.59 Å². The van der Waals surface area contributed by atoms with Crippen molar-refractivity contribution < 1.29 is 9.59 Å². The van der Waals surface area contributed by atoms with Crippen LogP contribution in [-0.4, -0.2) is 29.3 Å². The van der Waals surface area contributed by atoms with Gasteiger partial charge in [0.05, 0.1) is 12.0 Å². The Bertz CT molecular complexity index is 537. The smallest absolute Gasteiger partial charge is 0.225 e. The molecule has 2 aliphatic rings. The van der Waals surface area contributed by atoms with Gasteiger partial charge < -0.3 is 10.2 Å². The maximum Gasteiger partial charge on any atom is 0.225 e. The molecule has 1 aromatic carbocycles. The van der Waals surface area contributed by atoms with E-state index in [1.165, 1.54) is 12.8 Å². The van der Waals surface area contributed by atoms with Gasteiger partial charge in [-0.3, -0.25) is 9.59 Å². The van der Waals surface area contributed by atoms with E-state index < -0.39 is 0 Å². The van der Waals surface area contributed by atoms with Gasteiger partial charge in [-0.25, -0.2) is 0 Å². The Hall–Kier alpha value is -1.84. The molecule has 1 heterocycles. The van der Waals surface area contributed by atoms with Gasteiger partial charge in [0, 0.05) is 19.0 Å². The Morgan fingerprint density at radius 2 is 1.91 bits per heavy atom. The predicted molar refractivity (Wildman–Crippen MR) is 85.1 cm³/mol. The highest BCUT2D eigenvalue weighted by atomic mass is 16.2. The number of benzene rings is 1. The molecule has 2 amide bonds. The predicted octanol–water partition coefficient (Wildman–Crippen LogP) is 2.65. The van der Waals surface area contributed by atoms with Gasteiger partial charge in [0.2, 0.25) is 11.8 Å². The molecule has 1 N–H and O–H groups in total. The molecule has 22 heavy (non-hydrogen) atoms. The second-order valence-electron chi connectivity index (χ2n) is 6.52. The molecule has 2 fully saturated rings. The highest BCUT2D eigenvalue weighted by Gasteiger charge is 2.37. The van der Waals surface area contributed by atoms with Gasteiger partial charge in [-0.15, -0.1) is 0 Å². The van der Waals surface area contributed by atoms with Gasteiger partial charge in [0.1, 0.15) is 0 Å². The fourth-order valence-corrected chi connectivity index (χ4v) is 3.58. The van der Waals surface area contributed by atoms with Crippen LogP contribution in [0.5, 0.6) is 0 Å². The highest BCUT2D eigenvalue weighted by Crippen LogP contribution is 2.29. The number of hydrogen-bond acceptors (Lipinski definition) is 2. The van der Waals surface area contributed by atoms with Gasteiger partial charge in [-0.2, -0.15) is 0 Å². The number of likely N-dealkylation sites (tertiary alicyclic amines) is 1. The molecule has 3 rings (SSSR count). The van der Waals surface area contributed by atoms with Crippen LogP contribution in [0.15, 0.2) is 30.3 Å². The average molecular weight is 300 g/mol. The first-order valence-electron chi connectivity index (χ1n) is 8.30. The molecule has 4 nitrogen and oxygen atoms in total. The minimum Gasteiger partial charge on any atom is -0.353 e. The zero-order valence-electron chi connectivity index (χ0n) is 13.1. The van der Waals surface area contributed by atoms with Crippen LogP contribution in [0.2, 0.25) is 0 Å². The quantitative estimate of drug-likeness (QED) is 0.929. The van der Waals surface area contributed by atoms with Crippen LogP contribution in [0, 0.1) is 5.92 Å². The molecular formula is C18H24N2O2. The fraction of sp³-hybridized carbons (Fsp3) is 0.556. The molecule has 1 aliphatic carbocycles.